The highest BCUT2D eigenvalue weighted by molar-refractivity contribution is 5.93. The second kappa shape index (κ2) is 8.05. The Morgan fingerprint density at radius 3 is 2.86 bits per heavy atom. The summed E-state index contributed by atoms with van der Waals surface area (Å²) in [4.78, 5) is 28.1. The summed E-state index contributed by atoms with van der Waals surface area (Å²) in [5, 5.41) is 1.26. The van der Waals surface area contributed by atoms with E-state index < -0.39 is 0 Å². The van der Waals surface area contributed by atoms with Crippen LogP contribution in [0.1, 0.15) is 49.4 Å². The maximum Gasteiger partial charge on any atom is 0.336 e. The molecule has 1 aliphatic heterocycles. The third kappa shape index (κ3) is 3.26. The van der Waals surface area contributed by atoms with Crippen molar-refractivity contribution in [1.29, 1.82) is 0 Å². The highest BCUT2D eigenvalue weighted by Crippen LogP contribution is 2.45. The Morgan fingerprint density at radius 2 is 2.14 bits per heavy atom. The van der Waals surface area contributed by atoms with Gasteiger partial charge in [-0.2, -0.15) is 0 Å². The molecule has 0 saturated carbocycles. The van der Waals surface area contributed by atoms with Gasteiger partial charge in [-0.05, 0) is 63.9 Å². The average Bonchev–Trinajstić information content (AvgIpc) is 3.02. The highest BCUT2D eigenvalue weighted by atomic mass is 16.2. The van der Waals surface area contributed by atoms with E-state index >= 15 is 0 Å². The first-order valence-corrected chi connectivity index (χ1v) is 10.7. The summed E-state index contributed by atoms with van der Waals surface area (Å²) < 4.78 is 1.92. The van der Waals surface area contributed by atoms with E-state index in [0.29, 0.717) is 31.5 Å². The average molecular weight is 395 g/mol. The van der Waals surface area contributed by atoms with Crippen molar-refractivity contribution in [2.75, 3.05) is 32.1 Å². The number of rotatable bonds is 5. The van der Waals surface area contributed by atoms with Gasteiger partial charge < -0.3 is 9.80 Å². The number of carbonyl (C=O) groups is 1. The number of urea groups is 1. The van der Waals surface area contributed by atoms with Crippen LogP contribution in [0.15, 0.2) is 24.3 Å². The van der Waals surface area contributed by atoms with Gasteiger partial charge >= 0.3 is 6.03 Å². The van der Waals surface area contributed by atoms with Crippen LogP contribution < -0.4 is 5.43 Å². The molecule has 0 radical (unpaired) electrons. The van der Waals surface area contributed by atoms with Crippen LogP contribution in [0.2, 0.25) is 0 Å². The number of fused-ring (bicyclic) bond motifs is 2. The predicted molar refractivity (Wildman–Crippen MR) is 116 cm³/mol. The molecule has 2 aliphatic rings. The third-order valence-corrected chi connectivity index (χ3v) is 6.74. The summed E-state index contributed by atoms with van der Waals surface area (Å²) in [7, 11) is 2.21. The molecule has 0 spiro atoms. The molecule has 6 heteroatoms. The zero-order valence-corrected chi connectivity index (χ0v) is 17.6. The van der Waals surface area contributed by atoms with E-state index in [0.717, 1.165) is 24.2 Å². The summed E-state index contributed by atoms with van der Waals surface area (Å²) in [6, 6.07) is 6.77. The predicted octanol–water partition coefficient (Wildman–Crippen LogP) is 3.31. The van der Waals surface area contributed by atoms with Gasteiger partial charge in [-0.15, -0.1) is 0 Å². The number of likely N-dealkylation sites (N-methyl/N-ethyl adjacent to an activating group) is 1. The number of piperidine rings is 1. The fourth-order valence-corrected chi connectivity index (χ4v) is 5.28. The van der Waals surface area contributed by atoms with E-state index in [-0.39, 0.29) is 6.03 Å². The molecule has 2 amide bonds. The Labute approximate surface area is 172 Å². The summed E-state index contributed by atoms with van der Waals surface area (Å²) in [5.41, 5.74) is 7.77. The van der Waals surface area contributed by atoms with Gasteiger partial charge in [-0.25, -0.2) is 15.0 Å². The molecule has 0 unspecified atom stereocenters. The first kappa shape index (κ1) is 19.7. The quantitative estimate of drug-likeness (QED) is 0.792. The number of likely N-dealkylation sites (tertiary alicyclic amines) is 1. The molecule has 1 saturated heterocycles. The first-order valence-electron chi connectivity index (χ1n) is 10.7. The first-order chi connectivity index (χ1) is 14.1. The van der Waals surface area contributed by atoms with E-state index in [1.165, 1.54) is 35.4 Å². The number of hydrogen-bond donors (Lipinski definition) is 1. The Kier molecular flexibility index (Phi) is 5.48. The molecular formula is C23H30N4O2. The van der Waals surface area contributed by atoms with Crippen LogP contribution in [0.25, 0.3) is 10.9 Å². The molecule has 1 N–H and O–H groups in total. The van der Waals surface area contributed by atoms with Crippen LogP contribution in [-0.4, -0.2) is 59.2 Å². The molecule has 154 valence electrons. The molecule has 1 aromatic carbocycles. The van der Waals surface area contributed by atoms with Gasteiger partial charge in [0.25, 0.3) is 0 Å². The van der Waals surface area contributed by atoms with Gasteiger partial charge in [-0.3, -0.25) is 4.68 Å². The smallest absolute Gasteiger partial charge is 0.324 e. The van der Waals surface area contributed by atoms with Crippen LogP contribution in [-0.2, 0) is 17.6 Å². The van der Waals surface area contributed by atoms with Crippen molar-refractivity contribution in [2.24, 2.45) is 0 Å². The summed E-state index contributed by atoms with van der Waals surface area (Å²) in [6.07, 6.45) is 5.34. The van der Waals surface area contributed by atoms with Crippen molar-refractivity contribution in [3.8, 4) is 0 Å². The number of aromatic nitrogens is 1. The second-order valence-electron chi connectivity index (χ2n) is 8.12. The van der Waals surface area contributed by atoms with Gasteiger partial charge in [0.1, 0.15) is 5.94 Å². The van der Waals surface area contributed by atoms with Crippen LogP contribution in [0.3, 0.4) is 0 Å². The topological polar surface area (TPSA) is 57.6 Å². The van der Waals surface area contributed by atoms with E-state index in [4.69, 9.17) is 0 Å². The minimum absolute atomic E-state index is 0.117. The minimum atomic E-state index is -0.117. The summed E-state index contributed by atoms with van der Waals surface area (Å²) in [6.45, 7) is 6.38. The van der Waals surface area contributed by atoms with E-state index in [2.05, 4.69) is 35.6 Å². The number of amides is 2. The van der Waals surface area contributed by atoms with Crippen molar-refractivity contribution >= 4 is 22.9 Å². The zero-order chi connectivity index (χ0) is 20.5. The Balaban J connectivity index is 1.88. The fraction of sp³-hybridized carbons (Fsp3) is 0.522. The summed E-state index contributed by atoms with van der Waals surface area (Å²) >= 11 is 0. The van der Waals surface area contributed by atoms with Crippen LogP contribution in [0.4, 0.5) is 4.79 Å². The highest BCUT2D eigenvalue weighted by Gasteiger charge is 2.38. The van der Waals surface area contributed by atoms with Crippen molar-refractivity contribution in [3.05, 3.63) is 41.1 Å². The lowest BCUT2D eigenvalue weighted by molar-refractivity contribution is 0.157. The van der Waals surface area contributed by atoms with Gasteiger partial charge in [0.05, 0.1) is 5.52 Å². The van der Waals surface area contributed by atoms with Gasteiger partial charge in [-0.1, -0.05) is 12.1 Å². The van der Waals surface area contributed by atoms with Gasteiger partial charge in [0, 0.05) is 48.6 Å². The van der Waals surface area contributed by atoms with E-state index in [1.54, 1.807) is 4.90 Å². The van der Waals surface area contributed by atoms with Crippen molar-refractivity contribution in [1.82, 2.24) is 14.5 Å². The van der Waals surface area contributed by atoms with Crippen molar-refractivity contribution in [2.45, 2.75) is 51.5 Å². The molecule has 0 bridgehead atoms. The molecule has 2 aromatic rings. The minimum Gasteiger partial charge on any atom is -0.324 e. The SMILES string of the molecule is CCN(CC)C(=O)Nn1c(CC=C=O)c2c3c(cccc31)[C@H]1CCCN(C)[C@@H]1C2. The molecule has 1 aromatic heterocycles. The van der Waals surface area contributed by atoms with Gasteiger partial charge in [0.15, 0.2) is 0 Å². The maximum atomic E-state index is 12.8. The van der Waals surface area contributed by atoms with Gasteiger partial charge in [0.2, 0.25) is 0 Å². The Hall–Kier alpha value is -2.56. The Morgan fingerprint density at radius 1 is 1.34 bits per heavy atom. The van der Waals surface area contributed by atoms with E-state index in [9.17, 15) is 9.59 Å². The molecule has 2 atom stereocenters. The fourth-order valence-electron chi connectivity index (χ4n) is 5.28. The molecular weight excluding hydrogens is 364 g/mol. The number of hydrogen-bond acceptors (Lipinski definition) is 3. The molecule has 6 nitrogen and oxygen atoms in total. The lowest BCUT2D eigenvalue weighted by Crippen LogP contribution is -2.44. The third-order valence-electron chi connectivity index (χ3n) is 6.74. The standard InChI is InChI=1S/C23H30N4O2/c1-4-26(5-2)23(29)24-27-19(12-8-14-28)18-15-21-16(10-7-13-25(21)3)17-9-6-11-20(27)22(17)18/h6,8-9,11,16,21H,4-5,7,10,12-13,15H2,1-3H3,(H,24,29)/t16-,21-/m1/s1. The molecule has 29 heavy (non-hydrogen) atoms. The number of allylic oxidation sites excluding steroid dienone is 1. The Bertz CT molecular complexity index is 969. The van der Waals surface area contributed by atoms with E-state index in [1.807, 2.05) is 24.5 Å². The maximum absolute atomic E-state index is 12.8. The van der Waals surface area contributed by atoms with Crippen LogP contribution >= 0.6 is 0 Å². The molecule has 2 heterocycles. The largest absolute Gasteiger partial charge is 0.336 e. The summed E-state index contributed by atoms with van der Waals surface area (Å²) in [5.74, 6) is 2.44. The molecule has 4 rings (SSSR count). The number of nitrogens with zero attached hydrogens (tertiary/aromatic N) is 3. The molecule has 1 aliphatic carbocycles. The van der Waals surface area contributed by atoms with Crippen LogP contribution in [0.5, 0.6) is 0 Å². The lowest BCUT2D eigenvalue weighted by atomic mass is 9.74. The van der Waals surface area contributed by atoms with Crippen LogP contribution in [0, 0.1) is 0 Å². The van der Waals surface area contributed by atoms with Crippen molar-refractivity contribution in [3.63, 3.8) is 0 Å². The monoisotopic (exact) mass is 394 g/mol. The lowest BCUT2D eigenvalue weighted by Gasteiger charge is -2.42. The zero-order valence-electron chi connectivity index (χ0n) is 17.6. The number of carbonyl (C=O) groups excluding carboxylic acids is 2. The molecule has 1 fully saturated rings. The normalized spacial score (nSPS) is 20.8. The second-order valence-corrected chi connectivity index (χ2v) is 8.12. The number of nitrogens with one attached hydrogen (secondary N) is 1. The van der Waals surface area contributed by atoms with Crippen molar-refractivity contribution < 1.29 is 9.59 Å². The number of benzene rings is 1.